The second-order valence-electron chi connectivity index (χ2n) is 5.97. The van der Waals surface area contributed by atoms with Gasteiger partial charge in [-0.05, 0) is 43.9 Å². The third-order valence-corrected chi connectivity index (χ3v) is 6.74. The number of rotatable bonds is 2. The van der Waals surface area contributed by atoms with Crippen molar-refractivity contribution < 1.29 is 0 Å². The van der Waals surface area contributed by atoms with E-state index in [4.69, 9.17) is 11.5 Å². The minimum absolute atomic E-state index is 0.147. The predicted molar refractivity (Wildman–Crippen MR) is 80.2 cm³/mol. The minimum atomic E-state index is -0.147. The summed E-state index contributed by atoms with van der Waals surface area (Å²) in [7, 11) is 0. The summed E-state index contributed by atoms with van der Waals surface area (Å²) in [5.41, 5.74) is 12.8. The highest BCUT2D eigenvalue weighted by Crippen LogP contribution is 2.46. The van der Waals surface area contributed by atoms with Crippen LogP contribution in [0.4, 0.5) is 0 Å². The van der Waals surface area contributed by atoms with Crippen LogP contribution < -0.4 is 11.5 Å². The Labute approximate surface area is 122 Å². The van der Waals surface area contributed by atoms with Gasteiger partial charge in [-0.25, -0.2) is 0 Å². The van der Waals surface area contributed by atoms with E-state index in [1.54, 1.807) is 0 Å². The SMILES string of the molecule is NC1(Br)CCCCC1CC1CCCCC1(N)Br. The molecule has 2 saturated carbocycles. The van der Waals surface area contributed by atoms with Crippen LogP contribution in [-0.2, 0) is 0 Å². The monoisotopic (exact) mass is 366 g/mol. The smallest absolute Gasteiger partial charge is 0.0745 e. The van der Waals surface area contributed by atoms with Crippen molar-refractivity contribution in [1.29, 1.82) is 0 Å². The molecule has 0 aromatic heterocycles. The quantitative estimate of drug-likeness (QED) is 0.575. The summed E-state index contributed by atoms with van der Waals surface area (Å²) in [6.45, 7) is 0. The number of alkyl halides is 2. The minimum Gasteiger partial charge on any atom is -0.316 e. The summed E-state index contributed by atoms with van der Waals surface area (Å²) in [5, 5.41) is 0. The van der Waals surface area contributed by atoms with Crippen molar-refractivity contribution in [2.24, 2.45) is 23.3 Å². The van der Waals surface area contributed by atoms with E-state index in [2.05, 4.69) is 31.9 Å². The van der Waals surface area contributed by atoms with Crippen LogP contribution >= 0.6 is 31.9 Å². The molecule has 4 heteroatoms. The zero-order chi connectivity index (χ0) is 12.5. The lowest BCUT2D eigenvalue weighted by molar-refractivity contribution is 0.181. The highest BCUT2D eigenvalue weighted by atomic mass is 79.9. The predicted octanol–water partition coefficient (Wildman–Crippen LogP) is 3.86. The largest absolute Gasteiger partial charge is 0.316 e. The number of halogens is 2. The molecule has 4 unspecified atom stereocenters. The molecular weight excluding hydrogens is 344 g/mol. The van der Waals surface area contributed by atoms with Crippen molar-refractivity contribution in [3.05, 3.63) is 0 Å². The molecule has 0 aliphatic heterocycles. The van der Waals surface area contributed by atoms with Gasteiger partial charge in [0, 0.05) is 0 Å². The molecular formula is C13H24Br2N2. The first kappa shape index (κ1) is 14.3. The summed E-state index contributed by atoms with van der Waals surface area (Å²) in [4.78, 5) is 0. The fraction of sp³-hybridized carbons (Fsp3) is 1.00. The van der Waals surface area contributed by atoms with Gasteiger partial charge in [-0.1, -0.05) is 57.5 Å². The Morgan fingerprint density at radius 1 is 0.824 bits per heavy atom. The molecule has 0 radical (unpaired) electrons. The normalized spacial score (nSPS) is 48.0. The van der Waals surface area contributed by atoms with E-state index >= 15 is 0 Å². The van der Waals surface area contributed by atoms with Gasteiger partial charge in [0.1, 0.15) is 0 Å². The molecule has 2 fully saturated rings. The van der Waals surface area contributed by atoms with Crippen molar-refractivity contribution in [2.75, 3.05) is 0 Å². The zero-order valence-electron chi connectivity index (χ0n) is 10.4. The van der Waals surface area contributed by atoms with Gasteiger partial charge >= 0.3 is 0 Å². The molecule has 2 nitrogen and oxygen atoms in total. The van der Waals surface area contributed by atoms with E-state index in [9.17, 15) is 0 Å². The van der Waals surface area contributed by atoms with Crippen LogP contribution in [0.1, 0.15) is 57.8 Å². The maximum atomic E-state index is 6.39. The van der Waals surface area contributed by atoms with Crippen molar-refractivity contribution in [3.8, 4) is 0 Å². The first-order valence-corrected chi connectivity index (χ1v) is 8.46. The van der Waals surface area contributed by atoms with Crippen LogP contribution in [0.3, 0.4) is 0 Å². The Balaban J connectivity index is 1.99. The molecule has 2 aliphatic rings. The molecule has 17 heavy (non-hydrogen) atoms. The Morgan fingerprint density at radius 3 is 1.59 bits per heavy atom. The summed E-state index contributed by atoms with van der Waals surface area (Å²) < 4.78 is -0.294. The first-order valence-electron chi connectivity index (χ1n) is 6.87. The van der Waals surface area contributed by atoms with Crippen LogP contribution in [0.25, 0.3) is 0 Å². The molecule has 2 aliphatic carbocycles. The molecule has 0 amide bonds. The Morgan fingerprint density at radius 2 is 1.24 bits per heavy atom. The van der Waals surface area contributed by atoms with Crippen molar-refractivity contribution in [2.45, 2.75) is 66.7 Å². The zero-order valence-corrected chi connectivity index (χ0v) is 13.6. The highest BCUT2D eigenvalue weighted by Gasteiger charge is 2.41. The second-order valence-corrected chi connectivity index (χ2v) is 8.93. The molecule has 4 atom stereocenters. The maximum absolute atomic E-state index is 6.39. The summed E-state index contributed by atoms with van der Waals surface area (Å²) >= 11 is 7.49. The van der Waals surface area contributed by atoms with E-state index < -0.39 is 0 Å². The molecule has 0 aromatic rings. The number of hydrogen-bond donors (Lipinski definition) is 2. The first-order chi connectivity index (χ1) is 7.92. The Kier molecular flexibility index (Phi) is 4.60. The molecule has 0 spiro atoms. The van der Waals surface area contributed by atoms with Crippen LogP contribution in [-0.4, -0.2) is 8.90 Å². The van der Waals surface area contributed by atoms with E-state index in [0.29, 0.717) is 11.8 Å². The van der Waals surface area contributed by atoms with E-state index in [1.807, 2.05) is 0 Å². The third kappa shape index (κ3) is 3.46. The maximum Gasteiger partial charge on any atom is 0.0745 e. The molecule has 4 N–H and O–H groups in total. The average Bonchev–Trinajstić information content (AvgIpc) is 2.23. The summed E-state index contributed by atoms with van der Waals surface area (Å²) in [6.07, 6.45) is 11.0. The van der Waals surface area contributed by atoms with Gasteiger partial charge in [0.05, 0.1) is 8.90 Å². The molecule has 2 rings (SSSR count). The molecule has 100 valence electrons. The lowest BCUT2D eigenvalue weighted by Crippen LogP contribution is -2.49. The lowest BCUT2D eigenvalue weighted by Gasteiger charge is -2.43. The van der Waals surface area contributed by atoms with Gasteiger partial charge in [0.25, 0.3) is 0 Å². The molecule has 0 heterocycles. The third-order valence-electron chi connectivity index (χ3n) is 4.65. The Bertz CT molecular complexity index is 240. The van der Waals surface area contributed by atoms with Gasteiger partial charge in [-0.15, -0.1) is 0 Å². The lowest BCUT2D eigenvalue weighted by atomic mass is 9.73. The van der Waals surface area contributed by atoms with Crippen LogP contribution in [0, 0.1) is 11.8 Å². The number of hydrogen-bond acceptors (Lipinski definition) is 2. The standard InChI is InChI=1S/C13H24Br2N2/c14-12(16)7-3-1-5-10(12)9-11-6-2-4-8-13(11,15)17/h10-11H,1-9,16-17H2. The molecule has 0 saturated heterocycles. The fourth-order valence-corrected chi connectivity index (χ4v) is 4.82. The molecule has 0 bridgehead atoms. The van der Waals surface area contributed by atoms with Gasteiger partial charge in [0.15, 0.2) is 0 Å². The molecule has 0 aromatic carbocycles. The van der Waals surface area contributed by atoms with Crippen LogP contribution in [0.2, 0.25) is 0 Å². The van der Waals surface area contributed by atoms with E-state index in [1.165, 1.54) is 44.9 Å². The topological polar surface area (TPSA) is 52.0 Å². The Hall–Kier alpha value is 0.880. The van der Waals surface area contributed by atoms with Gasteiger partial charge in [-0.2, -0.15) is 0 Å². The number of nitrogens with two attached hydrogens (primary N) is 2. The summed E-state index contributed by atoms with van der Waals surface area (Å²) in [5.74, 6) is 1.17. The second kappa shape index (κ2) is 5.48. The van der Waals surface area contributed by atoms with Crippen LogP contribution in [0.5, 0.6) is 0 Å². The highest BCUT2D eigenvalue weighted by molar-refractivity contribution is 9.10. The van der Waals surface area contributed by atoms with Crippen molar-refractivity contribution >= 4 is 31.9 Å². The average molecular weight is 368 g/mol. The van der Waals surface area contributed by atoms with Gasteiger partial charge in [-0.3, -0.25) is 0 Å². The van der Waals surface area contributed by atoms with Crippen molar-refractivity contribution in [1.82, 2.24) is 0 Å². The van der Waals surface area contributed by atoms with E-state index in [0.717, 1.165) is 12.8 Å². The summed E-state index contributed by atoms with van der Waals surface area (Å²) in [6, 6.07) is 0. The van der Waals surface area contributed by atoms with Crippen LogP contribution in [0.15, 0.2) is 0 Å². The fourth-order valence-electron chi connectivity index (χ4n) is 3.43. The van der Waals surface area contributed by atoms with E-state index in [-0.39, 0.29) is 8.90 Å². The van der Waals surface area contributed by atoms with Crippen molar-refractivity contribution in [3.63, 3.8) is 0 Å². The van der Waals surface area contributed by atoms with Gasteiger partial charge < -0.3 is 11.5 Å². The van der Waals surface area contributed by atoms with Gasteiger partial charge in [0.2, 0.25) is 0 Å².